The Labute approximate surface area is 151 Å². The zero-order valence-corrected chi connectivity index (χ0v) is 14.9. The Morgan fingerprint density at radius 1 is 1.23 bits per heavy atom. The number of fused-ring (bicyclic) bond motifs is 1. The van der Waals surface area contributed by atoms with Crippen LogP contribution in [-0.2, 0) is 16.1 Å². The number of aromatic nitrogens is 4. The van der Waals surface area contributed by atoms with Crippen molar-refractivity contribution in [2.24, 2.45) is 0 Å². The number of hydrogen-bond acceptors (Lipinski definition) is 5. The van der Waals surface area contributed by atoms with Crippen LogP contribution >= 0.6 is 0 Å². The molecule has 0 saturated carbocycles. The molecule has 0 aliphatic carbocycles. The summed E-state index contributed by atoms with van der Waals surface area (Å²) in [6, 6.07) is 9.73. The van der Waals surface area contributed by atoms with E-state index in [9.17, 15) is 4.79 Å². The second kappa shape index (κ2) is 6.84. The molecule has 0 N–H and O–H groups in total. The molecule has 1 aliphatic rings. The van der Waals surface area contributed by atoms with Crippen LogP contribution in [0, 0.1) is 13.8 Å². The van der Waals surface area contributed by atoms with Gasteiger partial charge in [-0.1, -0.05) is 12.1 Å². The Morgan fingerprint density at radius 2 is 2.08 bits per heavy atom. The number of imidazole rings is 1. The number of ether oxygens (including phenoxy) is 1. The number of morpholine rings is 1. The van der Waals surface area contributed by atoms with E-state index in [4.69, 9.17) is 4.74 Å². The van der Waals surface area contributed by atoms with E-state index in [0.717, 1.165) is 22.6 Å². The molecule has 1 aromatic carbocycles. The maximum Gasteiger partial charge on any atom is 0.242 e. The van der Waals surface area contributed by atoms with Crippen LogP contribution in [0.15, 0.2) is 36.5 Å². The molecular formula is C19H21N5O2. The summed E-state index contributed by atoms with van der Waals surface area (Å²) in [4.78, 5) is 27.8. The van der Waals surface area contributed by atoms with Gasteiger partial charge in [0.15, 0.2) is 0 Å². The largest absolute Gasteiger partial charge is 0.368 e. The summed E-state index contributed by atoms with van der Waals surface area (Å²) in [7, 11) is 0. The molecule has 4 rings (SSSR count). The summed E-state index contributed by atoms with van der Waals surface area (Å²) >= 11 is 0. The van der Waals surface area contributed by atoms with Gasteiger partial charge in [0.2, 0.25) is 5.91 Å². The molecule has 7 nitrogen and oxygen atoms in total. The predicted molar refractivity (Wildman–Crippen MR) is 96.5 cm³/mol. The molecule has 3 aromatic rings. The van der Waals surface area contributed by atoms with E-state index < -0.39 is 0 Å². The van der Waals surface area contributed by atoms with E-state index in [-0.39, 0.29) is 18.6 Å². The molecule has 0 radical (unpaired) electrons. The highest BCUT2D eigenvalue weighted by Crippen LogP contribution is 2.21. The van der Waals surface area contributed by atoms with Crippen LogP contribution < -0.4 is 0 Å². The van der Waals surface area contributed by atoms with E-state index in [2.05, 4.69) is 15.0 Å². The second-order valence-corrected chi connectivity index (χ2v) is 6.46. The summed E-state index contributed by atoms with van der Waals surface area (Å²) in [6.45, 7) is 5.65. The van der Waals surface area contributed by atoms with Crippen LogP contribution in [0.1, 0.15) is 23.4 Å². The van der Waals surface area contributed by atoms with Gasteiger partial charge in [0.1, 0.15) is 24.3 Å². The highest BCUT2D eigenvalue weighted by molar-refractivity contribution is 5.81. The Kier molecular flexibility index (Phi) is 4.38. The Morgan fingerprint density at radius 3 is 2.92 bits per heavy atom. The number of benzene rings is 1. The minimum absolute atomic E-state index is 0.0651. The molecule has 0 spiro atoms. The Balaban J connectivity index is 1.51. The third-order valence-electron chi connectivity index (χ3n) is 4.69. The minimum atomic E-state index is -0.213. The maximum absolute atomic E-state index is 12.9. The van der Waals surface area contributed by atoms with Gasteiger partial charge in [0, 0.05) is 12.7 Å². The number of para-hydroxylation sites is 2. The smallest absolute Gasteiger partial charge is 0.242 e. The van der Waals surface area contributed by atoms with Crippen molar-refractivity contribution in [3.8, 4) is 0 Å². The van der Waals surface area contributed by atoms with Gasteiger partial charge < -0.3 is 14.2 Å². The summed E-state index contributed by atoms with van der Waals surface area (Å²) in [5, 5.41) is 0. The third kappa shape index (κ3) is 3.17. The predicted octanol–water partition coefficient (Wildman–Crippen LogP) is 2.04. The van der Waals surface area contributed by atoms with Crippen LogP contribution in [0.4, 0.5) is 0 Å². The fraction of sp³-hybridized carbons (Fsp3) is 0.368. The number of amides is 1. The van der Waals surface area contributed by atoms with E-state index in [1.807, 2.05) is 53.6 Å². The molecule has 0 bridgehead atoms. The Bertz CT molecular complexity index is 952. The molecule has 7 heteroatoms. The van der Waals surface area contributed by atoms with Crippen molar-refractivity contribution in [2.45, 2.75) is 26.5 Å². The summed E-state index contributed by atoms with van der Waals surface area (Å²) in [5.41, 5.74) is 2.71. The van der Waals surface area contributed by atoms with Gasteiger partial charge in [-0.05, 0) is 32.0 Å². The van der Waals surface area contributed by atoms with E-state index in [0.29, 0.717) is 25.5 Å². The number of rotatable bonds is 3. The van der Waals surface area contributed by atoms with Gasteiger partial charge >= 0.3 is 0 Å². The first kappa shape index (κ1) is 16.7. The quantitative estimate of drug-likeness (QED) is 0.722. The van der Waals surface area contributed by atoms with Crippen molar-refractivity contribution in [1.82, 2.24) is 24.4 Å². The molecule has 1 amide bonds. The average Bonchev–Trinajstić information content (AvgIpc) is 2.97. The average molecular weight is 351 g/mol. The van der Waals surface area contributed by atoms with E-state index in [1.165, 1.54) is 0 Å². The molecule has 1 aliphatic heterocycles. The highest BCUT2D eigenvalue weighted by atomic mass is 16.5. The highest BCUT2D eigenvalue weighted by Gasteiger charge is 2.27. The van der Waals surface area contributed by atoms with E-state index >= 15 is 0 Å². The zero-order chi connectivity index (χ0) is 18.1. The molecular weight excluding hydrogens is 330 g/mol. The van der Waals surface area contributed by atoms with E-state index in [1.54, 1.807) is 6.20 Å². The summed E-state index contributed by atoms with van der Waals surface area (Å²) < 4.78 is 7.79. The molecule has 134 valence electrons. The summed E-state index contributed by atoms with van der Waals surface area (Å²) in [6.07, 6.45) is 1.51. The maximum atomic E-state index is 12.9. The summed E-state index contributed by atoms with van der Waals surface area (Å²) in [5.74, 6) is 1.61. The van der Waals surface area contributed by atoms with Crippen LogP contribution in [0.25, 0.3) is 11.0 Å². The van der Waals surface area contributed by atoms with Crippen LogP contribution in [-0.4, -0.2) is 50.0 Å². The first-order valence-electron chi connectivity index (χ1n) is 8.72. The van der Waals surface area contributed by atoms with Gasteiger partial charge in [0.25, 0.3) is 0 Å². The monoisotopic (exact) mass is 351 g/mol. The molecule has 0 unspecified atom stereocenters. The normalized spacial score (nSPS) is 17.6. The minimum Gasteiger partial charge on any atom is -0.368 e. The molecule has 2 aromatic heterocycles. The van der Waals surface area contributed by atoms with Crippen molar-refractivity contribution in [3.05, 3.63) is 53.9 Å². The lowest BCUT2D eigenvalue weighted by Gasteiger charge is -2.33. The topological polar surface area (TPSA) is 73.1 Å². The molecule has 1 saturated heterocycles. The number of carbonyl (C=O) groups excluding carboxylic acids is 1. The lowest BCUT2D eigenvalue weighted by Crippen LogP contribution is -2.44. The van der Waals surface area contributed by atoms with Crippen molar-refractivity contribution in [1.29, 1.82) is 0 Å². The number of aryl methyl sites for hydroxylation is 2. The number of hydrogen-bond donors (Lipinski definition) is 0. The first-order chi connectivity index (χ1) is 12.6. The van der Waals surface area contributed by atoms with Crippen molar-refractivity contribution in [2.75, 3.05) is 19.7 Å². The van der Waals surface area contributed by atoms with Gasteiger partial charge in [-0.25, -0.2) is 15.0 Å². The van der Waals surface area contributed by atoms with Crippen LogP contribution in [0.3, 0.4) is 0 Å². The van der Waals surface area contributed by atoms with Crippen LogP contribution in [0.5, 0.6) is 0 Å². The number of carbonyl (C=O) groups is 1. The van der Waals surface area contributed by atoms with Crippen molar-refractivity contribution < 1.29 is 9.53 Å². The van der Waals surface area contributed by atoms with Gasteiger partial charge in [-0.3, -0.25) is 4.79 Å². The fourth-order valence-electron chi connectivity index (χ4n) is 3.34. The molecule has 1 fully saturated rings. The molecule has 1 atom stereocenters. The van der Waals surface area contributed by atoms with Crippen molar-refractivity contribution in [3.63, 3.8) is 0 Å². The standard InChI is InChI=1S/C19H21N5O2/c1-13-20-8-7-16(21-13)18-11-23(9-10-26-18)19(25)12-24-14(2)22-15-5-3-4-6-17(15)24/h3-8,18H,9-12H2,1-2H3/t18-/m0/s1. The van der Waals surface area contributed by atoms with Crippen LogP contribution in [0.2, 0.25) is 0 Å². The van der Waals surface area contributed by atoms with Gasteiger partial charge in [-0.2, -0.15) is 0 Å². The fourth-order valence-corrected chi connectivity index (χ4v) is 3.34. The second-order valence-electron chi connectivity index (χ2n) is 6.46. The zero-order valence-electron chi connectivity index (χ0n) is 14.9. The van der Waals surface area contributed by atoms with Gasteiger partial charge in [0.05, 0.1) is 29.9 Å². The number of nitrogens with zero attached hydrogens (tertiary/aromatic N) is 5. The molecule has 26 heavy (non-hydrogen) atoms. The first-order valence-corrected chi connectivity index (χ1v) is 8.72. The SMILES string of the molecule is Cc1nccc([C@@H]2CN(C(=O)Cn3c(C)nc4ccccc43)CCO2)n1. The molecule has 3 heterocycles. The Hall–Kier alpha value is -2.80. The lowest BCUT2D eigenvalue weighted by atomic mass is 10.2. The third-order valence-corrected chi connectivity index (χ3v) is 4.69. The van der Waals surface area contributed by atoms with Crippen molar-refractivity contribution >= 4 is 16.9 Å². The van der Waals surface area contributed by atoms with Gasteiger partial charge in [-0.15, -0.1) is 0 Å². The lowest BCUT2D eigenvalue weighted by molar-refractivity contribution is -0.139.